The Balaban J connectivity index is 1.24. The van der Waals surface area contributed by atoms with Crippen molar-refractivity contribution in [2.45, 2.75) is 6.54 Å². The molecular weight excluding hydrogens is 552 g/mol. The van der Waals surface area contributed by atoms with Crippen LogP contribution < -0.4 is 10.2 Å². The van der Waals surface area contributed by atoms with Crippen molar-refractivity contribution in [2.24, 2.45) is 0 Å². The first kappa shape index (κ1) is 26.8. The summed E-state index contributed by atoms with van der Waals surface area (Å²) in [4.78, 5) is 27.1. The number of carbonyl (C=O) groups is 1. The van der Waals surface area contributed by atoms with Gasteiger partial charge in [-0.05, 0) is 18.2 Å². The van der Waals surface area contributed by atoms with E-state index in [1.54, 1.807) is 17.5 Å². The van der Waals surface area contributed by atoms with Crippen LogP contribution in [-0.2, 0) is 26.1 Å². The Kier molecular flexibility index (Phi) is 7.51. The molecule has 4 aromatic rings. The van der Waals surface area contributed by atoms with Gasteiger partial charge >= 0.3 is 0 Å². The van der Waals surface area contributed by atoms with Crippen LogP contribution in [-0.4, -0.2) is 102 Å². The molecule has 40 heavy (non-hydrogen) atoms. The number of nitrogens with zero attached hydrogens (tertiary/aromatic N) is 6. The molecule has 0 saturated carbocycles. The largest absolute Gasteiger partial charge is 0.378 e. The summed E-state index contributed by atoms with van der Waals surface area (Å²) in [7, 11) is -3.58. The van der Waals surface area contributed by atoms with Crippen LogP contribution in [0.5, 0.6) is 0 Å². The lowest BCUT2D eigenvalue weighted by Gasteiger charge is -2.33. The number of aromatic amines is 1. The van der Waals surface area contributed by atoms with Crippen LogP contribution >= 0.6 is 11.3 Å². The molecule has 3 aromatic heterocycles. The third-order valence-corrected chi connectivity index (χ3v) is 9.93. The second kappa shape index (κ2) is 11.2. The number of nitrogens with one attached hydrogen (secondary N) is 2. The number of aromatic nitrogens is 4. The summed E-state index contributed by atoms with van der Waals surface area (Å²) in [6.45, 7) is 8.81. The molecule has 1 amide bonds. The number of amides is 1. The zero-order valence-corrected chi connectivity index (χ0v) is 23.5. The highest BCUT2D eigenvalue weighted by atomic mass is 32.2. The third kappa shape index (κ3) is 5.45. The van der Waals surface area contributed by atoms with Gasteiger partial charge in [0.05, 0.1) is 35.1 Å². The number of sulfonamides is 1. The summed E-state index contributed by atoms with van der Waals surface area (Å²) < 4.78 is 33.3. The van der Waals surface area contributed by atoms with Gasteiger partial charge in [-0.3, -0.25) is 14.8 Å². The highest BCUT2D eigenvalue weighted by Gasteiger charge is 2.28. The summed E-state index contributed by atoms with van der Waals surface area (Å²) in [5.41, 5.74) is 2.76. The Morgan fingerprint density at radius 2 is 1.95 bits per heavy atom. The predicted octanol–water partition coefficient (Wildman–Crippen LogP) is 1.78. The quantitative estimate of drug-likeness (QED) is 0.298. The summed E-state index contributed by atoms with van der Waals surface area (Å²) in [5, 5.41) is 10.6. The van der Waals surface area contributed by atoms with E-state index in [2.05, 4.69) is 38.0 Å². The van der Waals surface area contributed by atoms with Gasteiger partial charge in [0, 0.05) is 61.6 Å². The Morgan fingerprint density at radius 1 is 1.15 bits per heavy atom. The van der Waals surface area contributed by atoms with E-state index in [9.17, 15) is 13.2 Å². The normalized spacial score (nSPS) is 17.4. The van der Waals surface area contributed by atoms with Gasteiger partial charge in [-0.1, -0.05) is 18.7 Å². The summed E-state index contributed by atoms with van der Waals surface area (Å²) in [6, 6.07) is 8.10. The monoisotopic (exact) mass is 582 g/mol. The number of hydrogen-bond acceptors (Lipinski definition) is 10. The Bertz CT molecular complexity index is 1650. The molecule has 6 rings (SSSR count). The van der Waals surface area contributed by atoms with E-state index in [1.807, 2.05) is 18.2 Å². The van der Waals surface area contributed by atoms with E-state index in [4.69, 9.17) is 14.7 Å². The van der Waals surface area contributed by atoms with Crippen molar-refractivity contribution < 1.29 is 17.9 Å². The molecule has 2 N–H and O–H groups in total. The van der Waals surface area contributed by atoms with Crippen LogP contribution in [0.1, 0.15) is 4.88 Å². The molecule has 2 aliphatic rings. The Morgan fingerprint density at radius 3 is 2.73 bits per heavy atom. The van der Waals surface area contributed by atoms with Crippen molar-refractivity contribution in [1.29, 1.82) is 0 Å². The van der Waals surface area contributed by atoms with E-state index < -0.39 is 21.8 Å². The predicted molar refractivity (Wildman–Crippen MR) is 155 cm³/mol. The molecule has 0 bridgehead atoms. The summed E-state index contributed by atoms with van der Waals surface area (Å²) in [5.74, 6) is 0.646. The number of carbonyl (C=O) groups excluding carboxylic acids is 1. The lowest BCUT2D eigenvalue weighted by Crippen LogP contribution is -2.50. The third-order valence-electron chi connectivity index (χ3n) is 7.16. The van der Waals surface area contributed by atoms with Crippen LogP contribution in [0.15, 0.2) is 43.1 Å². The summed E-state index contributed by atoms with van der Waals surface area (Å²) >= 11 is 1.68. The van der Waals surface area contributed by atoms with Crippen molar-refractivity contribution in [2.75, 3.05) is 63.3 Å². The van der Waals surface area contributed by atoms with E-state index >= 15 is 0 Å². The molecule has 0 atom stereocenters. The van der Waals surface area contributed by atoms with Gasteiger partial charge in [0.25, 0.3) is 0 Å². The molecule has 1 aromatic carbocycles. The van der Waals surface area contributed by atoms with E-state index in [-0.39, 0.29) is 0 Å². The molecule has 2 aliphatic heterocycles. The number of hydrogen-bond donors (Lipinski definition) is 2. The molecule has 0 aliphatic carbocycles. The molecule has 0 spiro atoms. The van der Waals surface area contributed by atoms with Crippen LogP contribution in [0.25, 0.3) is 32.5 Å². The molecule has 0 unspecified atom stereocenters. The number of anilines is 1. The fourth-order valence-corrected chi connectivity index (χ4v) is 7.41. The van der Waals surface area contributed by atoms with E-state index in [0.29, 0.717) is 51.8 Å². The second-order valence-corrected chi connectivity index (χ2v) is 12.8. The lowest BCUT2D eigenvalue weighted by molar-refractivity contribution is -0.116. The number of morpholine rings is 1. The maximum atomic E-state index is 12.6. The molecule has 14 heteroatoms. The van der Waals surface area contributed by atoms with Crippen molar-refractivity contribution in [3.05, 3.63) is 48.0 Å². The van der Waals surface area contributed by atoms with Crippen LogP contribution in [0, 0.1) is 0 Å². The SMILES string of the molecule is C=CC(=O)NCS(=O)(=O)N1CCN(Cc2cc3nc(-c4cccc5[nH]ncc45)nc(N4CCOCC4)c3s2)CC1. The first-order chi connectivity index (χ1) is 19.4. The summed E-state index contributed by atoms with van der Waals surface area (Å²) in [6.07, 6.45) is 2.87. The second-order valence-electron chi connectivity index (χ2n) is 9.71. The van der Waals surface area contributed by atoms with Gasteiger partial charge < -0.3 is 15.0 Å². The first-order valence-corrected chi connectivity index (χ1v) is 15.5. The average molecular weight is 583 g/mol. The molecular formula is C26H30N8O4S2. The number of ether oxygens (including phenoxy) is 1. The number of fused-ring (bicyclic) bond motifs is 2. The average Bonchev–Trinajstić information content (AvgIpc) is 3.63. The number of benzene rings is 1. The number of H-pyrrole nitrogens is 1. The minimum absolute atomic E-state index is 0.370. The van der Waals surface area contributed by atoms with Gasteiger partial charge in [0.1, 0.15) is 5.88 Å². The van der Waals surface area contributed by atoms with Crippen molar-refractivity contribution >= 4 is 54.2 Å². The topological polar surface area (TPSA) is 137 Å². The lowest BCUT2D eigenvalue weighted by atomic mass is 10.1. The molecule has 2 saturated heterocycles. The van der Waals surface area contributed by atoms with E-state index in [1.165, 1.54) is 4.31 Å². The van der Waals surface area contributed by atoms with Crippen LogP contribution in [0.4, 0.5) is 5.82 Å². The van der Waals surface area contributed by atoms with Gasteiger partial charge in [-0.15, -0.1) is 11.3 Å². The minimum Gasteiger partial charge on any atom is -0.378 e. The zero-order valence-electron chi connectivity index (χ0n) is 21.9. The first-order valence-electron chi connectivity index (χ1n) is 13.1. The number of thiophene rings is 1. The van der Waals surface area contributed by atoms with Gasteiger partial charge in [0.2, 0.25) is 15.9 Å². The minimum atomic E-state index is -3.58. The van der Waals surface area contributed by atoms with Crippen molar-refractivity contribution in [3.8, 4) is 11.4 Å². The smallest absolute Gasteiger partial charge is 0.244 e. The fraction of sp³-hybridized carbons (Fsp3) is 0.385. The van der Waals surface area contributed by atoms with Crippen molar-refractivity contribution in [3.63, 3.8) is 0 Å². The Hall–Kier alpha value is -3.43. The highest BCUT2D eigenvalue weighted by molar-refractivity contribution is 7.89. The zero-order chi connectivity index (χ0) is 27.7. The maximum absolute atomic E-state index is 12.6. The molecule has 12 nitrogen and oxygen atoms in total. The molecule has 2 fully saturated rings. The highest BCUT2D eigenvalue weighted by Crippen LogP contribution is 2.36. The van der Waals surface area contributed by atoms with Crippen LogP contribution in [0.3, 0.4) is 0 Å². The van der Waals surface area contributed by atoms with Gasteiger partial charge in [0.15, 0.2) is 11.6 Å². The molecule has 210 valence electrons. The fourth-order valence-electron chi connectivity index (χ4n) is 5.03. The molecule has 0 radical (unpaired) electrons. The van der Waals surface area contributed by atoms with E-state index in [0.717, 1.165) is 56.5 Å². The number of piperazine rings is 1. The van der Waals surface area contributed by atoms with Gasteiger partial charge in [-0.25, -0.2) is 18.4 Å². The maximum Gasteiger partial charge on any atom is 0.244 e. The number of rotatable bonds is 8. The van der Waals surface area contributed by atoms with Crippen LogP contribution in [0.2, 0.25) is 0 Å². The standard InChI is InChI=1S/C26H30N8O4S2/c1-2-23(35)27-17-40(36,37)34-8-6-32(7-9-34)16-18-14-22-24(39-18)26(33-10-12-38-13-11-33)30-25(29-22)19-4-3-5-21-20(19)15-28-31-21/h2-5,14-15H,1,6-13,16-17H2,(H,27,35)(H,28,31). The van der Waals surface area contributed by atoms with Crippen molar-refractivity contribution in [1.82, 2.24) is 34.7 Å². The van der Waals surface area contributed by atoms with Gasteiger partial charge in [-0.2, -0.15) is 9.40 Å². The molecule has 5 heterocycles. The Labute approximate surface area is 235 Å².